The normalized spacial score (nSPS) is 12.2. The number of hydrogen-bond donors (Lipinski definition) is 0. The van der Waals surface area contributed by atoms with E-state index in [1.807, 2.05) is 0 Å². The largest absolute Gasteiger partial charge is 0.470 e. The van der Waals surface area contributed by atoms with E-state index >= 15 is 0 Å². The molecule has 20 heavy (non-hydrogen) atoms. The van der Waals surface area contributed by atoms with Gasteiger partial charge in [-0.2, -0.15) is 13.2 Å². The Labute approximate surface area is 115 Å². The molecular formula is C11H6ClF3N4O. The number of halogens is 4. The fourth-order valence-electron chi connectivity index (χ4n) is 1.69. The number of nitrogens with zero attached hydrogens (tertiary/aromatic N) is 4. The van der Waals surface area contributed by atoms with Crippen molar-refractivity contribution in [1.82, 2.24) is 19.6 Å². The molecular weight excluding hydrogens is 297 g/mol. The number of hydrogen-bond acceptors (Lipinski definition) is 4. The second-order valence-electron chi connectivity index (χ2n) is 3.96. The Morgan fingerprint density at radius 2 is 2.10 bits per heavy atom. The summed E-state index contributed by atoms with van der Waals surface area (Å²) in [4.78, 5) is 4.19. The maximum atomic E-state index is 12.4. The molecule has 0 amide bonds. The molecule has 3 aromatic rings. The van der Waals surface area contributed by atoms with Gasteiger partial charge in [-0.15, -0.1) is 21.8 Å². The summed E-state index contributed by atoms with van der Waals surface area (Å²) in [5.74, 6) is -1.34. The van der Waals surface area contributed by atoms with Gasteiger partial charge in [-0.1, -0.05) is 0 Å². The smallest absolute Gasteiger partial charge is 0.413 e. The summed E-state index contributed by atoms with van der Waals surface area (Å²) < 4.78 is 43.5. The van der Waals surface area contributed by atoms with Crippen molar-refractivity contribution < 1.29 is 17.6 Å². The van der Waals surface area contributed by atoms with Crippen LogP contribution in [0.15, 0.2) is 28.9 Å². The highest BCUT2D eigenvalue weighted by Crippen LogP contribution is 2.30. The summed E-state index contributed by atoms with van der Waals surface area (Å²) in [7, 11) is 0. The first-order valence-corrected chi connectivity index (χ1v) is 5.95. The first kappa shape index (κ1) is 12.9. The highest BCUT2D eigenvalue weighted by molar-refractivity contribution is 6.16. The van der Waals surface area contributed by atoms with Gasteiger partial charge in [-0.25, -0.2) is 4.98 Å². The van der Waals surface area contributed by atoms with Crippen LogP contribution in [-0.2, 0) is 12.1 Å². The molecule has 0 radical (unpaired) electrons. The van der Waals surface area contributed by atoms with Crippen molar-refractivity contribution in [3.05, 3.63) is 36.1 Å². The van der Waals surface area contributed by atoms with Crippen LogP contribution in [0.1, 0.15) is 11.6 Å². The second-order valence-corrected chi connectivity index (χ2v) is 4.22. The fourth-order valence-corrected chi connectivity index (χ4v) is 1.82. The van der Waals surface area contributed by atoms with Gasteiger partial charge in [0, 0.05) is 18.0 Å². The minimum atomic E-state index is -4.66. The SMILES string of the molecule is FC(F)(F)c1nnc(-c2ccn3cc(CCl)nc3c2)o1. The van der Waals surface area contributed by atoms with Crippen LogP contribution in [0.2, 0.25) is 0 Å². The van der Waals surface area contributed by atoms with Crippen LogP contribution in [-0.4, -0.2) is 19.6 Å². The molecule has 0 atom stereocenters. The summed E-state index contributed by atoms with van der Waals surface area (Å²) in [5, 5.41) is 6.36. The van der Waals surface area contributed by atoms with Crippen LogP contribution >= 0.6 is 11.6 Å². The maximum absolute atomic E-state index is 12.4. The Hall–Kier alpha value is -2.09. The minimum absolute atomic E-state index is 0.213. The van der Waals surface area contributed by atoms with Crippen LogP contribution in [0.5, 0.6) is 0 Å². The minimum Gasteiger partial charge on any atom is -0.413 e. The summed E-state index contributed by atoms with van der Waals surface area (Å²) >= 11 is 5.67. The molecule has 0 fully saturated rings. The molecule has 3 heterocycles. The summed E-state index contributed by atoms with van der Waals surface area (Å²) in [6, 6.07) is 3.10. The zero-order chi connectivity index (χ0) is 14.3. The number of aromatic nitrogens is 4. The van der Waals surface area contributed by atoms with E-state index in [4.69, 9.17) is 11.6 Å². The molecule has 0 aromatic carbocycles. The predicted octanol–water partition coefficient (Wildman–Crippen LogP) is 3.14. The van der Waals surface area contributed by atoms with Gasteiger partial charge in [0.05, 0.1) is 11.6 Å². The molecule has 0 spiro atoms. The third-order valence-electron chi connectivity index (χ3n) is 2.56. The Kier molecular flexibility index (Phi) is 2.89. The van der Waals surface area contributed by atoms with Gasteiger partial charge < -0.3 is 8.82 Å². The zero-order valence-electron chi connectivity index (χ0n) is 9.73. The first-order chi connectivity index (χ1) is 9.47. The molecule has 9 heteroatoms. The zero-order valence-corrected chi connectivity index (χ0v) is 10.5. The predicted molar refractivity (Wildman–Crippen MR) is 63.0 cm³/mol. The van der Waals surface area contributed by atoms with Crippen molar-refractivity contribution in [2.75, 3.05) is 0 Å². The summed E-state index contributed by atoms with van der Waals surface area (Å²) in [6.07, 6.45) is -1.30. The van der Waals surface area contributed by atoms with Gasteiger partial charge in [0.1, 0.15) is 5.65 Å². The average Bonchev–Trinajstić information content (AvgIpc) is 3.03. The lowest BCUT2D eigenvalue weighted by Crippen LogP contribution is -2.04. The highest BCUT2D eigenvalue weighted by atomic mass is 35.5. The van der Waals surface area contributed by atoms with Crippen LogP contribution in [0.25, 0.3) is 17.1 Å². The van der Waals surface area contributed by atoms with E-state index in [9.17, 15) is 13.2 Å². The topological polar surface area (TPSA) is 56.2 Å². The molecule has 0 bridgehead atoms. The number of pyridine rings is 1. The lowest BCUT2D eigenvalue weighted by atomic mass is 10.2. The Balaban J connectivity index is 2.03. The van der Waals surface area contributed by atoms with Gasteiger partial charge >= 0.3 is 12.1 Å². The van der Waals surface area contributed by atoms with E-state index in [2.05, 4.69) is 19.6 Å². The maximum Gasteiger partial charge on any atom is 0.470 e. The number of rotatable bonds is 2. The van der Waals surface area contributed by atoms with E-state index < -0.39 is 12.1 Å². The molecule has 0 aliphatic rings. The average molecular weight is 303 g/mol. The van der Waals surface area contributed by atoms with Gasteiger partial charge in [-0.3, -0.25) is 0 Å². The van der Waals surface area contributed by atoms with Crippen molar-refractivity contribution in [1.29, 1.82) is 0 Å². The van der Waals surface area contributed by atoms with E-state index in [1.54, 1.807) is 28.9 Å². The van der Waals surface area contributed by atoms with Crippen molar-refractivity contribution in [3.63, 3.8) is 0 Å². The Morgan fingerprint density at radius 1 is 1.30 bits per heavy atom. The van der Waals surface area contributed by atoms with Crippen molar-refractivity contribution in [3.8, 4) is 11.5 Å². The molecule has 3 aromatic heterocycles. The van der Waals surface area contributed by atoms with E-state index in [1.165, 1.54) is 0 Å². The van der Waals surface area contributed by atoms with Crippen molar-refractivity contribution in [2.45, 2.75) is 12.1 Å². The first-order valence-electron chi connectivity index (χ1n) is 5.42. The quantitative estimate of drug-likeness (QED) is 0.682. The summed E-state index contributed by atoms with van der Waals surface area (Å²) in [6.45, 7) is 0. The van der Waals surface area contributed by atoms with E-state index in [0.29, 0.717) is 16.9 Å². The molecule has 0 saturated heterocycles. The van der Waals surface area contributed by atoms with Gasteiger partial charge in [0.25, 0.3) is 0 Å². The molecule has 0 N–H and O–H groups in total. The lowest BCUT2D eigenvalue weighted by molar-refractivity contribution is -0.156. The van der Waals surface area contributed by atoms with Crippen LogP contribution in [0.4, 0.5) is 13.2 Å². The van der Waals surface area contributed by atoms with E-state index in [-0.39, 0.29) is 11.8 Å². The van der Waals surface area contributed by atoms with Gasteiger partial charge in [0.15, 0.2) is 0 Å². The number of alkyl halides is 4. The van der Waals surface area contributed by atoms with Crippen molar-refractivity contribution >= 4 is 17.2 Å². The molecule has 0 saturated carbocycles. The Bertz CT molecular complexity index is 764. The van der Waals surface area contributed by atoms with Crippen LogP contribution in [0.3, 0.4) is 0 Å². The fraction of sp³-hybridized carbons (Fsp3) is 0.182. The molecule has 3 rings (SSSR count). The third kappa shape index (κ3) is 2.22. The van der Waals surface area contributed by atoms with E-state index in [0.717, 1.165) is 0 Å². The molecule has 0 unspecified atom stereocenters. The third-order valence-corrected chi connectivity index (χ3v) is 2.84. The second kappa shape index (κ2) is 4.48. The molecule has 0 aliphatic carbocycles. The highest BCUT2D eigenvalue weighted by Gasteiger charge is 2.38. The van der Waals surface area contributed by atoms with Crippen LogP contribution in [0, 0.1) is 0 Å². The van der Waals surface area contributed by atoms with Gasteiger partial charge in [-0.05, 0) is 12.1 Å². The molecule has 5 nitrogen and oxygen atoms in total. The number of fused-ring (bicyclic) bond motifs is 1. The monoisotopic (exact) mass is 302 g/mol. The van der Waals surface area contributed by atoms with Gasteiger partial charge in [0.2, 0.25) is 5.89 Å². The summed E-state index contributed by atoms with van der Waals surface area (Å²) in [5.41, 5.74) is 1.54. The molecule has 0 aliphatic heterocycles. The lowest BCUT2D eigenvalue weighted by Gasteiger charge is -1.98. The standard InChI is InChI=1S/C11H6ClF3N4O/c12-4-7-5-19-2-1-6(3-8(19)16-7)9-17-18-10(20-9)11(13,14)15/h1-3,5H,4H2. The number of imidazole rings is 1. The van der Waals surface area contributed by atoms with Crippen LogP contribution < -0.4 is 0 Å². The molecule has 104 valence electrons. The Morgan fingerprint density at radius 3 is 2.75 bits per heavy atom. The van der Waals surface area contributed by atoms with Crippen molar-refractivity contribution in [2.24, 2.45) is 0 Å².